The molecule has 2 rings (SSSR count). The number of benzene rings is 1. The van der Waals surface area contributed by atoms with Gasteiger partial charge in [-0.1, -0.05) is 12.1 Å². The van der Waals surface area contributed by atoms with Gasteiger partial charge >= 0.3 is 6.61 Å². The van der Waals surface area contributed by atoms with E-state index in [1.165, 1.54) is 4.88 Å². The lowest BCUT2D eigenvalue weighted by molar-refractivity contribution is -0.0498. The van der Waals surface area contributed by atoms with Gasteiger partial charge in [-0.3, -0.25) is 0 Å². The molecule has 0 aliphatic rings. The molecule has 0 amide bonds. The van der Waals surface area contributed by atoms with E-state index in [2.05, 4.69) is 15.0 Å². The zero-order chi connectivity index (χ0) is 14.5. The lowest BCUT2D eigenvalue weighted by atomic mass is 10.2. The first kappa shape index (κ1) is 14.9. The molecule has 0 bridgehead atoms. The van der Waals surface area contributed by atoms with E-state index in [1.54, 1.807) is 35.6 Å². The molecule has 0 atom stereocenters. The fourth-order valence-electron chi connectivity index (χ4n) is 1.85. The zero-order valence-corrected chi connectivity index (χ0v) is 12.1. The molecule has 0 saturated carbocycles. The Balaban J connectivity index is 1.83. The van der Waals surface area contributed by atoms with Crippen LogP contribution in [0, 0.1) is 13.8 Å². The van der Waals surface area contributed by atoms with E-state index in [0.29, 0.717) is 6.54 Å². The van der Waals surface area contributed by atoms with Crippen LogP contribution in [0.5, 0.6) is 5.75 Å². The molecule has 0 radical (unpaired) electrons. The predicted molar refractivity (Wildman–Crippen MR) is 75.2 cm³/mol. The second-order valence-corrected chi connectivity index (χ2v) is 5.66. The third-order valence-electron chi connectivity index (χ3n) is 2.76. The maximum Gasteiger partial charge on any atom is 0.387 e. The smallest absolute Gasteiger partial charge is 0.387 e. The van der Waals surface area contributed by atoms with Crippen molar-refractivity contribution in [2.45, 2.75) is 33.5 Å². The Morgan fingerprint density at radius 2 is 1.90 bits per heavy atom. The molecule has 0 aliphatic heterocycles. The van der Waals surface area contributed by atoms with Crippen LogP contribution in [0.2, 0.25) is 0 Å². The van der Waals surface area contributed by atoms with Crippen LogP contribution >= 0.6 is 11.3 Å². The first-order chi connectivity index (χ1) is 9.54. The minimum Gasteiger partial charge on any atom is -0.435 e. The Bertz CT molecular complexity index is 555. The second kappa shape index (κ2) is 6.76. The van der Waals surface area contributed by atoms with Crippen LogP contribution in [-0.2, 0) is 13.1 Å². The summed E-state index contributed by atoms with van der Waals surface area (Å²) in [6.45, 7) is 2.63. The average molecular weight is 298 g/mol. The van der Waals surface area contributed by atoms with Gasteiger partial charge in [0, 0.05) is 18.0 Å². The van der Waals surface area contributed by atoms with Gasteiger partial charge in [-0.05, 0) is 31.5 Å². The molecule has 0 saturated heterocycles. The van der Waals surface area contributed by atoms with Crippen LogP contribution in [-0.4, -0.2) is 11.6 Å². The number of hydrogen-bond donors (Lipinski definition) is 1. The highest BCUT2D eigenvalue weighted by Crippen LogP contribution is 2.17. The maximum atomic E-state index is 12.0. The van der Waals surface area contributed by atoms with Crippen LogP contribution in [0.4, 0.5) is 8.78 Å². The lowest BCUT2D eigenvalue weighted by Gasteiger charge is -2.07. The number of nitrogens with zero attached hydrogens (tertiary/aromatic N) is 1. The number of halogens is 2. The average Bonchev–Trinajstić information content (AvgIpc) is 2.69. The highest BCUT2D eigenvalue weighted by Gasteiger charge is 2.05. The van der Waals surface area contributed by atoms with Gasteiger partial charge in [0.15, 0.2) is 0 Å². The zero-order valence-electron chi connectivity index (χ0n) is 11.3. The summed E-state index contributed by atoms with van der Waals surface area (Å²) in [7, 11) is 0. The van der Waals surface area contributed by atoms with E-state index >= 15 is 0 Å². The Morgan fingerprint density at radius 3 is 2.45 bits per heavy atom. The van der Waals surface area contributed by atoms with Crippen molar-refractivity contribution in [3.63, 3.8) is 0 Å². The number of alkyl halides is 2. The van der Waals surface area contributed by atoms with E-state index in [0.717, 1.165) is 22.8 Å². The van der Waals surface area contributed by atoms with Gasteiger partial charge < -0.3 is 10.1 Å². The topological polar surface area (TPSA) is 34.2 Å². The summed E-state index contributed by atoms with van der Waals surface area (Å²) >= 11 is 1.68. The molecule has 1 N–H and O–H groups in total. The molecule has 6 heteroatoms. The molecule has 1 aromatic carbocycles. The summed E-state index contributed by atoms with van der Waals surface area (Å²) in [5, 5.41) is 4.38. The van der Waals surface area contributed by atoms with Crippen LogP contribution in [0.3, 0.4) is 0 Å². The second-order valence-electron chi connectivity index (χ2n) is 4.37. The van der Waals surface area contributed by atoms with Crippen molar-refractivity contribution in [2.24, 2.45) is 0 Å². The van der Waals surface area contributed by atoms with Crippen molar-refractivity contribution in [3.8, 4) is 5.75 Å². The molecule has 1 aromatic heterocycles. The molecule has 0 unspecified atom stereocenters. The quantitative estimate of drug-likeness (QED) is 0.884. The number of rotatable bonds is 6. The molecule has 20 heavy (non-hydrogen) atoms. The number of ether oxygens (including phenoxy) is 1. The number of thiazole rings is 1. The maximum absolute atomic E-state index is 12.0. The van der Waals surface area contributed by atoms with Gasteiger partial charge in [0.05, 0.1) is 10.7 Å². The van der Waals surface area contributed by atoms with Crippen LogP contribution in [0.25, 0.3) is 0 Å². The summed E-state index contributed by atoms with van der Waals surface area (Å²) in [4.78, 5) is 5.59. The fourth-order valence-corrected chi connectivity index (χ4v) is 2.75. The van der Waals surface area contributed by atoms with E-state index in [4.69, 9.17) is 0 Å². The van der Waals surface area contributed by atoms with Gasteiger partial charge in [0.2, 0.25) is 0 Å². The molecule has 0 fully saturated rings. The van der Waals surface area contributed by atoms with Crippen LogP contribution in [0.15, 0.2) is 24.3 Å². The number of aryl methyl sites for hydroxylation is 2. The number of hydrogen-bond acceptors (Lipinski definition) is 4. The Labute approximate surface area is 120 Å². The summed E-state index contributed by atoms with van der Waals surface area (Å²) in [5.74, 6) is 0.178. The molecule has 1 heterocycles. The highest BCUT2D eigenvalue weighted by atomic mass is 32.1. The van der Waals surface area contributed by atoms with E-state index in [1.807, 2.05) is 13.8 Å². The standard InChI is InChI=1S/C14H16F2N2OS/c1-9-13(20-10(2)18-9)8-17-7-11-3-5-12(6-4-11)19-14(15)16/h3-6,14,17H,7-8H2,1-2H3. The normalized spacial score (nSPS) is 11.1. The van der Waals surface area contributed by atoms with Gasteiger partial charge in [0.1, 0.15) is 5.75 Å². The van der Waals surface area contributed by atoms with Crippen molar-refractivity contribution in [1.29, 1.82) is 0 Å². The molecule has 108 valence electrons. The summed E-state index contributed by atoms with van der Waals surface area (Å²) < 4.78 is 28.3. The monoisotopic (exact) mass is 298 g/mol. The van der Waals surface area contributed by atoms with Gasteiger partial charge in [-0.25, -0.2) is 4.98 Å². The molecule has 0 aliphatic carbocycles. The third-order valence-corrected chi connectivity index (χ3v) is 3.84. The fraction of sp³-hybridized carbons (Fsp3) is 0.357. The largest absolute Gasteiger partial charge is 0.435 e. The number of nitrogens with one attached hydrogen (secondary N) is 1. The highest BCUT2D eigenvalue weighted by molar-refractivity contribution is 7.11. The molecule has 3 nitrogen and oxygen atoms in total. The summed E-state index contributed by atoms with van der Waals surface area (Å²) in [6, 6.07) is 6.64. The lowest BCUT2D eigenvalue weighted by Crippen LogP contribution is -2.12. The van der Waals surface area contributed by atoms with Crippen molar-refractivity contribution in [1.82, 2.24) is 10.3 Å². The van der Waals surface area contributed by atoms with Crippen molar-refractivity contribution < 1.29 is 13.5 Å². The minimum absolute atomic E-state index is 0.178. The van der Waals surface area contributed by atoms with Crippen LogP contribution < -0.4 is 10.1 Å². The van der Waals surface area contributed by atoms with Crippen molar-refractivity contribution >= 4 is 11.3 Å². The summed E-state index contributed by atoms with van der Waals surface area (Å²) in [6.07, 6.45) is 0. The van der Waals surface area contributed by atoms with E-state index in [9.17, 15) is 8.78 Å². The van der Waals surface area contributed by atoms with Gasteiger partial charge in [-0.2, -0.15) is 8.78 Å². The number of aromatic nitrogens is 1. The molecule has 2 aromatic rings. The third kappa shape index (κ3) is 4.25. The SMILES string of the molecule is Cc1nc(C)c(CNCc2ccc(OC(F)F)cc2)s1. The molecule has 0 spiro atoms. The van der Waals surface area contributed by atoms with Gasteiger partial charge in [-0.15, -0.1) is 11.3 Å². The van der Waals surface area contributed by atoms with E-state index < -0.39 is 6.61 Å². The Morgan fingerprint density at radius 1 is 1.20 bits per heavy atom. The first-order valence-corrected chi connectivity index (χ1v) is 7.03. The Hall–Kier alpha value is -1.53. The van der Waals surface area contributed by atoms with E-state index in [-0.39, 0.29) is 5.75 Å². The first-order valence-electron chi connectivity index (χ1n) is 6.22. The molecular formula is C14H16F2N2OS. The Kier molecular flexibility index (Phi) is 5.03. The van der Waals surface area contributed by atoms with Crippen molar-refractivity contribution in [2.75, 3.05) is 0 Å². The minimum atomic E-state index is -2.78. The molecular weight excluding hydrogens is 282 g/mol. The summed E-state index contributed by atoms with van der Waals surface area (Å²) in [5.41, 5.74) is 2.08. The predicted octanol–water partition coefficient (Wildman–Crippen LogP) is 3.65. The van der Waals surface area contributed by atoms with Crippen LogP contribution in [0.1, 0.15) is 21.1 Å². The van der Waals surface area contributed by atoms with Crippen molar-refractivity contribution in [3.05, 3.63) is 45.4 Å². The van der Waals surface area contributed by atoms with Gasteiger partial charge in [0.25, 0.3) is 0 Å².